The summed E-state index contributed by atoms with van der Waals surface area (Å²) in [4.78, 5) is 0.664. The first-order chi connectivity index (χ1) is 6.76. The van der Waals surface area contributed by atoms with Crippen LogP contribution in [0.2, 0.25) is 0 Å². The summed E-state index contributed by atoms with van der Waals surface area (Å²) in [7, 11) is 0. The molecule has 0 fully saturated rings. The van der Waals surface area contributed by atoms with Crippen molar-refractivity contribution in [3.8, 4) is 0 Å². The molecule has 0 saturated heterocycles. The second kappa shape index (κ2) is 6.23. The Morgan fingerprint density at radius 1 is 1.43 bits per heavy atom. The van der Waals surface area contributed by atoms with Crippen molar-refractivity contribution in [2.75, 3.05) is 0 Å². The number of nitrogens with zero attached hydrogens (tertiary/aromatic N) is 2. The highest BCUT2D eigenvalue weighted by Gasteiger charge is 2.04. The molecule has 1 aromatic rings. The molecule has 0 amide bonds. The van der Waals surface area contributed by atoms with Gasteiger partial charge in [-0.3, -0.25) is 4.68 Å². The third-order valence-electron chi connectivity index (χ3n) is 2.36. The van der Waals surface area contributed by atoms with Crippen LogP contribution >= 0.6 is 15.9 Å². The molecule has 0 aromatic carbocycles. The lowest BCUT2D eigenvalue weighted by molar-refractivity contribution is 0.657. The third-order valence-corrected chi connectivity index (χ3v) is 3.27. The molecule has 1 aromatic heterocycles. The molecule has 80 valence electrons. The van der Waals surface area contributed by atoms with Crippen LogP contribution in [0.1, 0.15) is 38.7 Å². The highest BCUT2D eigenvalue weighted by atomic mass is 79.9. The quantitative estimate of drug-likeness (QED) is 0.716. The monoisotopic (exact) mass is 258 g/mol. The highest BCUT2D eigenvalue weighted by molar-refractivity contribution is 9.09. The van der Waals surface area contributed by atoms with E-state index in [1.807, 2.05) is 10.9 Å². The van der Waals surface area contributed by atoms with E-state index in [4.69, 9.17) is 0 Å². The first-order valence-electron chi connectivity index (χ1n) is 5.41. The predicted octanol–water partition coefficient (Wildman–Crippen LogP) is 3.40. The summed E-state index contributed by atoms with van der Waals surface area (Å²) in [6, 6.07) is 0. The van der Waals surface area contributed by atoms with Crippen LogP contribution < -0.4 is 0 Å². The van der Waals surface area contributed by atoms with Gasteiger partial charge in [-0.2, -0.15) is 5.10 Å². The molecule has 0 spiro atoms. The average Bonchev–Trinajstić information content (AvgIpc) is 2.63. The van der Waals surface area contributed by atoms with E-state index in [0.717, 1.165) is 13.0 Å². The van der Waals surface area contributed by atoms with Gasteiger partial charge >= 0.3 is 0 Å². The minimum atomic E-state index is 0.664. The van der Waals surface area contributed by atoms with Gasteiger partial charge in [0, 0.05) is 17.6 Å². The smallest absolute Gasteiger partial charge is 0.0521 e. The Morgan fingerprint density at radius 3 is 2.79 bits per heavy atom. The summed E-state index contributed by atoms with van der Waals surface area (Å²) in [5, 5.41) is 4.26. The Morgan fingerprint density at radius 2 is 2.21 bits per heavy atom. The Hall–Kier alpha value is -0.310. The van der Waals surface area contributed by atoms with Crippen LogP contribution in [0.15, 0.2) is 12.4 Å². The lowest BCUT2D eigenvalue weighted by Crippen LogP contribution is -1.99. The Kier molecular flexibility index (Phi) is 5.23. The summed E-state index contributed by atoms with van der Waals surface area (Å²) < 4.78 is 1.98. The van der Waals surface area contributed by atoms with Crippen LogP contribution in [-0.2, 0) is 13.0 Å². The van der Waals surface area contributed by atoms with Crippen molar-refractivity contribution in [3.63, 3.8) is 0 Å². The van der Waals surface area contributed by atoms with E-state index in [-0.39, 0.29) is 0 Å². The zero-order chi connectivity index (χ0) is 10.4. The maximum Gasteiger partial charge on any atom is 0.0521 e. The average molecular weight is 259 g/mol. The minimum Gasteiger partial charge on any atom is -0.273 e. The van der Waals surface area contributed by atoms with Crippen molar-refractivity contribution in [2.45, 2.75) is 50.9 Å². The van der Waals surface area contributed by atoms with Gasteiger partial charge in [-0.1, -0.05) is 29.3 Å². The molecule has 0 saturated carbocycles. The van der Waals surface area contributed by atoms with Gasteiger partial charge in [0.1, 0.15) is 0 Å². The molecule has 1 unspecified atom stereocenters. The second-order valence-electron chi connectivity index (χ2n) is 3.63. The van der Waals surface area contributed by atoms with Gasteiger partial charge in [0.2, 0.25) is 0 Å². The SMILES string of the molecule is CCCC(Br)CCc1cnn(CC)c1. The molecular formula is C11H19BrN2. The Balaban J connectivity index is 2.30. The van der Waals surface area contributed by atoms with E-state index in [1.165, 1.54) is 24.8 Å². The molecule has 0 N–H and O–H groups in total. The molecule has 0 radical (unpaired) electrons. The molecule has 1 atom stereocenters. The molecule has 1 heterocycles. The highest BCUT2D eigenvalue weighted by Crippen LogP contribution is 2.15. The van der Waals surface area contributed by atoms with Crippen LogP contribution in [0, 0.1) is 0 Å². The van der Waals surface area contributed by atoms with Crippen molar-refractivity contribution >= 4 is 15.9 Å². The lowest BCUT2D eigenvalue weighted by Gasteiger charge is -2.05. The number of aromatic nitrogens is 2. The van der Waals surface area contributed by atoms with E-state index in [9.17, 15) is 0 Å². The number of halogens is 1. The van der Waals surface area contributed by atoms with Crippen molar-refractivity contribution in [1.82, 2.24) is 9.78 Å². The van der Waals surface area contributed by atoms with Crippen molar-refractivity contribution < 1.29 is 0 Å². The second-order valence-corrected chi connectivity index (χ2v) is 4.92. The maximum atomic E-state index is 4.26. The number of hydrogen-bond donors (Lipinski definition) is 0. The standard InChI is InChI=1S/C11H19BrN2/c1-3-5-11(12)7-6-10-8-13-14(4-2)9-10/h8-9,11H,3-7H2,1-2H3. The van der Waals surface area contributed by atoms with E-state index >= 15 is 0 Å². The number of aryl methyl sites for hydroxylation is 2. The van der Waals surface area contributed by atoms with Crippen LogP contribution in [0.3, 0.4) is 0 Å². The molecule has 3 heteroatoms. The summed E-state index contributed by atoms with van der Waals surface area (Å²) in [6.07, 6.45) is 8.99. The first kappa shape index (κ1) is 11.8. The zero-order valence-corrected chi connectivity index (χ0v) is 10.6. The van der Waals surface area contributed by atoms with E-state index < -0.39 is 0 Å². The van der Waals surface area contributed by atoms with Crippen molar-refractivity contribution in [1.29, 1.82) is 0 Å². The maximum absolute atomic E-state index is 4.26. The largest absolute Gasteiger partial charge is 0.273 e. The van der Waals surface area contributed by atoms with Gasteiger partial charge < -0.3 is 0 Å². The topological polar surface area (TPSA) is 17.8 Å². The van der Waals surface area contributed by atoms with Gasteiger partial charge in [0.25, 0.3) is 0 Å². The van der Waals surface area contributed by atoms with E-state index in [0.29, 0.717) is 4.83 Å². The molecule has 1 rings (SSSR count). The van der Waals surface area contributed by atoms with Gasteiger partial charge in [0.15, 0.2) is 0 Å². The molecule has 2 nitrogen and oxygen atoms in total. The molecular weight excluding hydrogens is 240 g/mol. The van der Waals surface area contributed by atoms with Crippen LogP contribution in [-0.4, -0.2) is 14.6 Å². The molecule has 0 aliphatic heterocycles. The normalized spacial score (nSPS) is 13.1. The zero-order valence-electron chi connectivity index (χ0n) is 9.04. The summed E-state index contributed by atoms with van der Waals surface area (Å²) >= 11 is 3.69. The predicted molar refractivity (Wildman–Crippen MR) is 63.8 cm³/mol. The molecule has 14 heavy (non-hydrogen) atoms. The van der Waals surface area contributed by atoms with Gasteiger partial charge in [0.05, 0.1) is 6.20 Å². The molecule has 0 aliphatic carbocycles. The minimum absolute atomic E-state index is 0.664. The summed E-state index contributed by atoms with van der Waals surface area (Å²) in [6.45, 7) is 5.30. The van der Waals surface area contributed by atoms with Gasteiger partial charge in [-0.15, -0.1) is 0 Å². The number of rotatable bonds is 6. The van der Waals surface area contributed by atoms with E-state index in [1.54, 1.807) is 0 Å². The van der Waals surface area contributed by atoms with Gasteiger partial charge in [-0.05, 0) is 31.7 Å². The van der Waals surface area contributed by atoms with Crippen LogP contribution in [0.5, 0.6) is 0 Å². The number of alkyl halides is 1. The van der Waals surface area contributed by atoms with E-state index in [2.05, 4.69) is 41.1 Å². The van der Waals surface area contributed by atoms with Crippen molar-refractivity contribution in [3.05, 3.63) is 18.0 Å². The first-order valence-corrected chi connectivity index (χ1v) is 6.33. The fourth-order valence-electron chi connectivity index (χ4n) is 1.49. The van der Waals surface area contributed by atoms with Crippen LogP contribution in [0.25, 0.3) is 0 Å². The third kappa shape index (κ3) is 3.82. The summed E-state index contributed by atoms with van der Waals surface area (Å²) in [5.41, 5.74) is 1.35. The Labute approximate surface area is 94.8 Å². The Bertz CT molecular complexity index is 258. The molecule has 0 bridgehead atoms. The fraction of sp³-hybridized carbons (Fsp3) is 0.727. The number of hydrogen-bond acceptors (Lipinski definition) is 1. The fourth-order valence-corrected chi connectivity index (χ4v) is 2.18. The van der Waals surface area contributed by atoms with Crippen molar-refractivity contribution in [2.24, 2.45) is 0 Å². The van der Waals surface area contributed by atoms with Gasteiger partial charge in [-0.25, -0.2) is 0 Å². The molecule has 0 aliphatic rings. The lowest BCUT2D eigenvalue weighted by atomic mass is 10.1. The van der Waals surface area contributed by atoms with Crippen LogP contribution in [0.4, 0.5) is 0 Å². The summed E-state index contributed by atoms with van der Waals surface area (Å²) in [5.74, 6) is 0.